The highest BCUT2D eigenvalue weighted by Gasteiger charge is 2.25. The molecule has 0 bridgehead atoms. The normalized spacial score (nSPS) is 16.2. The molecule has 0 radical (unpaired) electrons. The fraction of sp³-hybridized carbons (Fsp3) is 0.429. The molecule has 136 valence electrons. The highest BCUT2D eigenvalue weighted by Crippen LogP contribution is 2.42. The predicted molar refractivity (Wildman–Crippen MR) is 114 cm³/mol. The van der Waals surface area contributed by atoms with Gasteiger partial charge in [0.15, 0.2) is 0 Å². The summed E-state index contributed by atoms with van der Waals surface area (Å²) in [4.78, 5) is 1.29. The Morgan fingerprint density at radius 2 is 1.76 bits per heavy atom. The summed E-state index contributed by atoms with van der Waals surface area (Å²) in [7, 11) is 0. The highest BCUT2D eigenvalue weighted by molar-refractivity contribution is 8.00. The molecular weight excluding hydrogens is 369 g/mol. The van der Waals surface area contributed by atoms with Gasteiger partial charge in [-0.1, -0.05) is 67.3 Å². The smallest absolute Gasteiger partial charge is 0.0417 e. The summed E-state index contributed by atoms with van der Waals surface area (Å²) in [6.07, 6.45) is 7.90. The SMILES string of the molecule is Cl.NCCC(Sc1cc(Cl)ccc1-c1ccccc1)C1CCCCC1. The van der Waals surface area contributed by atoms with E-state index in [1.807, 2.05) is 17.8 Å². The van der Waals surface area contributed by atoms with Crippen molar-refractivity contribution in [3.63, 3.8) is 0 Å². The standard InChI is InChI=1S/C21H26ClNS.ClH/c22-18-11-12-19(16-7-3-1-4-8-16)21(15-18)24-20(13-14-23)17-9-5-2-6-10-17;/h1,3-4,7-8,11-12,15,17,20H,2,5-6,9-10,13-14,23H2;1H. The zero-order valence-electron chi connectivity index (χ0n) is 14.5. The van der Waals surface area contributed by atoms with Crippen LogP contribution in [-0.4, -0.2) is 11.8 Å². The van der Waals surface area contributed by atoms with Crippen molar-refractivity contribution in [2.24, 2.45) is 11.7 Å². The average molecular weight is 396 g/mol. The molecule has 4 heteroatoms. The van der Waals surface area contributed by atoms with Crippen molar-refractivity contribution in [3.05, 3.63) is 53.6 Å². The molecule has 1 aliphatic carbocycles. The maximum Gasteiger partial charge on any atom is 0.0417 e. The van der Waals surface area contributed by atoms with Crippen LogP contribution < -0.4 is 5.73 Å². The second kappa shape index (κ2) is 10.5. The molecular formula is C21H27Cl2NS. The zero-order valence-corrected chi connectivity index (χ0v) is 16.9. The number of halogens is 2. The minimum Gasteiger partial charge on any atom is -0.330 e. The van der Waals surface area contributed by atoms with E-state index < -0.39 is 0 Å². The molecule has 2 aromatic carbocycles. The maximum absolute atomic E-state index is 6.31. The van der Waals surface area contributed by atoms with Crippen molar-refractivity contribution >= 4 is 35.8 Å². The van der Waals surface area contributed by atoms with Gasteiger partial charge in [-0.25, -0.2) is 0 Å². The largest absolute Gasteiger partial charge is 0.330 e. The molecule has 1 fully saturated rings. The Morgan fingerprint density at radius 3 is 2.44 bits per heavy atom. The van der Waals surface area contributed by atoms with Crippen molar-refractivity contribution < 1.29 is 0 Å². The lowest BCUT2D eigenvalue weighted by Gasteiger charge is -2.30. The molecule has 1 atom stereocenters. The predicted octanol–water partition coefficient (Wildman–Crippen LogP) is 6.82. The summed E-state index contributed by atoms with van der Waals surface area (Å²) < 4.78 is 0. The molecule has 0 amide bonds. The van der Waals surface area contributed by atoms with Crippen LogP contribution in [0.25, 0.3) is 11.1 Å². The lowest BCUT2D eigenvalue weighted by Crippen LogP contribution is -2.23. The van der Waals surface area contributed by atoms with E-state index >= 15 is 0 Å². The first-order valence-electron chi connectivity index (χ1n) is 8.99. The van der Waals surface area contributed by atoms with Gasteiger partial charge in [0.2, 0.25) is 0 Å². The van der Waals surface area contributed by atoms with Gasteiger partial charge in [0.1, 0.15) is 0 Å². The number of rotatable bonds is 6. The summed E-state index contributed by atoms with van der Waals surface area (Å²) >= 11 is 8.30. The first-order valence-corrected chi connectivity index (χ1v) is 10.3. The lowest BCUT2D eigenvalue weighted by molar-refractivity contribution is 0.342. The molecule has 0 spiro atoms. The van der Waals surface area contributed by atoms with Gasteiger partial charge in [0.25, 0.3) is 0 Å². The Kier molecular flexibility index (Phi) is 8.65. The Labute approximate surface area is 167 Å². The number of benzene rings is 2. The van der Waals surface area contributed by atoms with E-state index in [2.05, 4.69) is 42.5 Å². The van der Waals surface area contributed by atoms with Crippen LogP contribution >= 0.6 is 35.8 Å². The van der Waals surface area contributed by atoms with Crippen molar-refractivity contribution in [3.8, 4) is 11.1 Å². The molecule has 2 aromatic rings. The fourth-order valence-corrected chi connectivity index (χ4v) is 5.46. The van der Waals surface area contributed by atoms with Gasteiger partial charge in [-0.3, -0.25) is 0 Å². The van der Waals surface area contributed by atoms with Gasteiger partial charge in [0.05, 0.1) is 0 Å². The van der Waals surface area contributed by atoms with Gasteiger partial charge in [-0.2, -0.15) is 0 Å². The monoisotopic (exact) mass is 395 g/mol. The number of hydrogen-bond donors (Lipinski definition) is 1. The van der Waals surface area contributed by atoms with Crippen LogP contribution in [0.3, 0.4) is 0 Å². The minimum absolute atomic E-state index is 0. The quantitative estimate of drug-likeness (QED) is 0.542. The van der Waals surface area contributed by atoms with Crippen LogP contribution in [0.15, 0.2) is 53.4 Å². The molecule has 3 rings (SSSR count). The van der Waals surface area contributed by atoms with E-state index in [1.165, 1.54) is 48.1 Å². The molecule has 0 aliphatic heterocycles. The summed E-state index contributed by atoms with van der Waals surface area (Å²) in [6, 6.07) is 16.9. The third-order valence-electron chi connectivity index (χ3n) is 4.93. The maximum atomic E-state index is 6.31. The van der Waals surface area contributed by atoms with Crippen molar-refractivity contribution in [2.45, 2.75) is 48.7 Å². The van der Waals surface area contributed by atoms with E-state index in [1.54, 1.807) is 0 Å². The van der Waals surface area contributed by atoms with Gasteiger partial charge >= 0.3 is 0 Å². The van der Waals surface area contributed by atoms with Crippen LogP contribution in [0, 0.1) is 5.92 Å². The molecule has 0 saturated heterocycles. The van der Waals surface area contributed by atoms with Crippen molar-refractivity contribution in [2.75, 3.05) is 6.54 Å². The van der Waals surface area contributed by atoms with Crippen LogP contribution in [0.5, 0.6) is 0 Å². The topological polar surface area (TPSA) is 26.0 Å². The number of thioether (sulfide) groups is 1. The van der Waals surface area contributed by atoms with E-state index in [9.17, 15) is 0 Å². The summed E-state index contributed by atoms with van der Waals surface area (Å²) in [6.45, 7) is 0.759. The Balaban J connectivity index is 0.00000225. The number of hydrogen-bond acceptors (Lipinski definition) is 2. The molecule has 2 N–H and O–H groups in total. The Hall–Kier alpha value is -0.670. The average Bonchev–Trinajstić information content (AvgIpc) is 2.63. The first-order chi connectivity index (χ1) is 11.8. The van der Waals surface area contributed by atoms with Gasteiger partial charge in [-0.15, -0.1) is 24.2 Å². The second-order valence-electron chi connectivity index (χ2n) is 6.64. The van der Waals surface area contributed by atoms with E-state index in [0.29, 0.717) is 5.25 Å². The lowest BCUT2D eigenvalue weighted by atomic mass is 9.86. The van der Waals surface area contributed by atoms with Crippen molar-refractivity contribution in [1.29, 1.82) is 0 Å². The fourth-order valence-electron chi connectivity index (χ4n) is 3.67. The van der Waals surface area contributed by atoms with Crippen LogP contribution in [-0.2, 0) is 0 Å². The van der Waals surface area contributed by atoms with E-state index in [-0.39, 0.29) is 12.4 Å². The molecule has 25 heavy (non-hydrogen) atoms. The summed E-state index contributed by atoms with van der Waals surface area (Å²) in [5, 5.41) is 1.41. The molecule has 0 heterocycles. The Morgan fingerprint density at radius 1 is 1.04 bits per heavy atom. The van der Waals surface area contributed by atoms with Crippen LogP contribution in [0.2, 0.25) is 5.02 Å². The van der Waals surface area contributed by atoms with Gasteiger partial charge in [-0.05, 0) is 55.0 Å². The molecule has 1 unspecified atom stereocenters. The van der Waals surface area contributed by atoms with E-state index in [0.717, 1.165) is 23.9 Å². The highest BCUT2D eigenvalue weighted by atomic mass is 35.5. The first kappa shape index (κ1) is 20.6. The van der Waals surface area contributed by atoms with Crippen LogP contribution in [0.4, 0.5) is 0 Å². The third kappa shape index (κ3) is 5.65. The number of nitrogens with two attached hydrogens (primary N) is 1. The van der Waals surface area contributed by atoms with E-state index in [4.69, 9.17) is 17.3 Å². The Bertz CT molecular complexity index is 642. The van der Waals surface area contributed by atoms with Gasteiger partial charge in [0, 0.05) is 15.2 Å². The van der Waals surface area contributed by atoms with Gasteiger partial charge < -0.3 is 5.73 Å². The summed E-state index contributed by atoms with van der Waals surface area (Å²) in [5.41, 5.74) is 8.47. The second-order valence-corrected chi connectivity index (χ2v) is 8.36. The minimum atomic E-state index is 0. The third-order valence-corrected chi connectivity index (χ3v) is 6.68. The van der Waals surface area contributed by atoms with Crippen molar-refractivity contribution in [1.82, 2.24) is 0 Å². The molecule has 1 aliphatic rings. The van der Waals surface area contributed by atoms with Crippen LogP contribution in [0.1, 0.15) is 38.5 Å². The summed E-state index contributed by atoms with van der Waals surface area (Å²) in [5.74, 6) is 0.787. The molecule has 1 saturated carbocycles. The molecule has 0 aromatic heterocycles. The molecule has 1 nitrogen and oxygen atoms in total. The zero-order chi connectivity index (χ0) is 16.8.